The number of carbonyl (C=O) groups is 3. The minimum atomic E-state index is -0.742. The standard InChI is InChI=1S/C37H37ClN4O5S/c38-27-15-13-24(14-16-27)22-46-29-20-31(42(21-29)34(44)19-28-23-48-37(40-28)25-8-2-1-3-9-25)32(43)18-26(10-6-7-17-39)35(45)36-41-30-11-4-5-12-33(30)47-36/h1-5,8-9,11-16,23,26,29,31H,6-7,10,17-22,39H2/t26-,29-,31+/m1/s1. The number of unbranched alkanes of at least 4 members (excludes halogenated alkanes) is 1. The van der Waals surface area contributed by atoms with Gasteiger partial charge < -0.3 is 19.8 Å². The fraction of sp³-hybridized carbons (Fsp3) is 0.324. The van der Waals surface area contributed by atoms with E-state index in [1.54, 1.807) is 29.2 Å². The van der Waals surface area contributed by atoms with Crippen LogP contribution in [0.5, 0.6) is 0 Å². The van der Waals surface area contributed by atoms with Gasteiger partial charge in [-0.3, -0.25) is 14.4 Å². The Kier molecular flexibility index (Phi) is 11.1. The van der Waals surface area contributed by atoms with Crippen molar-refractivity contribution in [3.05, 3.63) is 106 Å². The Morgan fingerprint density at radius 3 is 2.54 bits per heavy atom. The molecule has 1 amide bonds. The number of fused-ring (bicyclic) bond motifs is 1. The number of para-hydroxylation sites is 2. The predicted molar refractivity (Wildman–Crippen MR) is 186 cm³/mol. The summed E-state index contributed by atoms with van der Waals surface area (Å²) < 4.78 is 12.0. The van der Waals surface area contributed by atoms with E-state index in [2.05, 4.69) is 4.98 Å². The summed E-state index contributed by atoms with van der Waals surface area (Å²) in [5.41, 5.74) is 9.40. The fourth-order valence-corrected chi connectivity index (χ4v) is 7.00. The van der Waals surface area contributed by atoms with E-state index in [4.69, 9.17) is 31.5 Å². The molecule has 3 heterocycles. The number of ether oxygens (including phenoxy) is 1. The highest BCUT2D eigenvalue weighted by Crippen LogP contribution is 2.30. The van der Waals surface area contributed by atoms with Crippen LogP contribution in [0.3, 0.4) is 0 Å². The molecule has 1 aliphatic heterocycles. The zero-order valence-electron chi connectivity index (χ0n) is 26.4. The highest BCUT2D eigenvalue weighted by atomic mass is 35.5. The molecule has 0 aliphatic carbocycles. The van der Waals surface area contributed by atoms with Crippen LogP contribution < -0.4 is 5.73 Å². The molecule has 0 radical (unpaired) electrons. The van der Waals surface area contributed by atoms with Crippen LogP contribution in [-0.4, -0.2) is 57.6 Å². The summed E-state index contributed by atoms with van der Waals surface area (Å²) in [4.78, 5) is 52.4. The van der Waals surface area contributed by atoms with Crippen molar-refractivity contribution in [3.8, 4) is 10.6 Å². The zero-order valence-corrected chi connectivity index (χ0v) is 28.0. The average Bonchev–Trinajstić information content (AvgIpc) is 3.86. The van der Waals surface area contributed by atoms with Gasteiger partial charge in [-0.2, -0.15) is 0 Å². The second kappa shape index (κ2) is 15.8. The third kappa shape index (κ3) is 8.25. The van der Waals surface area contributed by atoms with Gasteiger partial charge >= 0.3 is 0 Å². The number of hydrogen-bond acceptors (Lipinski definition) is 9. The van der Waals surface area contributed by atoms with Gasteiger partial charge in [0.2, 0.25) is 11.7 Å². The molecule has 5 aromatic rings. The number of Topliss-reactive ketones (excluding diaryl/α,β-unsaturated/α-hetero) is 2. The summed E-state index contributed by atoms with van der Waals surface area (Å²) >= 11 is 7.52. The van der Waals surface area contributed by atoms with Crippen LogP contribution in [0.2, 0.25) is 5.02 Å². The number of amides is 1. The minimum absolute atomic E-state index is 0.0111. The third-order valence-electron chi connectivity index (χ3n) is 8.59. The monoisotopic (exact) mass is 684 g/mol. The molecular formula is C37H37ClN4O5S. The van der Waals surface area contributed by atoms with Gasteiger partial charge in [-0.25, -0.2) is 9.97 Å². The first-order chi connectivity index (χ1) is 23.4. The summed E-state index contributed by atoms with van der Waals surface area (Å²) in [5.74, 6) is -1.38. The van der Waals surface area contributed by atoms with Crippen LogP contribution in [0.15, 0.2) is 88.7 Å². The smallest absolute Gasteiger partial charge is 0.264 e. The van der Waals surface area contributed by atoms with Crippen molar-refractivity contribution in [2.75, 3.05) is 13.1 Å². The zero-order chi connectivity index (χ0) is 33.5. The number of rotatable bonds is 15. The first kappa shape index (κ1) is 33.7. The van der Waals surface area contributed by atoms with E-state index in [9.17, 15) is 14.4 Å². The SMILES string of the molecule is NCCCC[C@H](CC(=O)[C@@H]1C[C@@H](OCc2ccc(Cl)cc2)CN1C(=O)Cc1csc(-c2ccccc2)n1)C(=O)c1nc2ccccc2o1. The third-order valence-corrected chi connectivity index (χ3v) is 9.78. The number of nitrogens with zero attached hydrogens (tertiary/aromatic N) is 3. The molecule has 3 aromatic carbocycles. The highest BCUT2D eigenvalue weighted by Gasteiger charge is 2.41. The molecule has 2 N–H and O–H groups in total. The molecule has 48 heavy (non-hydrogen) atoms. The second-order valence-electron chi connectivity index (χ2n) is 12.0. The Balaban J connectivity index is 1.19. The van der Waals surface area contributed by atoms with E-state index < -0.39 is 12.0 Å². The van der Waals surface area contributed by atoms with Gasteiger partial charge in [0, 0.05) is 41.3 Å². The number of hydrogen-bond donors (Lipinski definition) is 1. The summed E-state index contributed by atoms with van der Waals surface area (Å²) in [6.45, 7) is 1.06. The number of ketones is 2. The lowest BCUT2D eigenvalue weighted by Gasteiger charge is -2.24. The molecule has 9 nitrogen and oxygen atoms in total. The normalized spacial score (nSPS) is 16.8. The van der Waals surface area contributed by atoms with E-state index in [-0.39, 0.29) is 48.9 Å². The summed E-state index contributed by atoms with van der Waals surface area (Å²) in [7, 11) is 0. The Labute approximate surface area is 288 Å². The van der Waals surface area contributed by atoms with E-state index >= 15 is 0 Å². The number of halogens is 1. The van der Waals surface area contributed by atoms with Gasteiger partial charge in [0.05, 0.1) is 30.9 Å². The number of oxazole rings is 1. The van der Waals surface area contributed by atoms with Crippen LogP contribution in [-0.2, 0) is 27.4 Å². The van der Waals surface area contributed by atoms with E-state index in [1.165, 1.54) is 11.3 Å². The van der Waals surface area contributed by atoms with Crippen LogP contribution in [0.1, 0.15) is 54.0 Å². The maximum atomic E-state index is 14.1. The largest absolute Gasteiger partial charge is 0.434 e. The molecule has 1 saturated heterocycles. The van der Waals surface area contributed by atoms with Crippen molar-refractivity contribution >= 4 is 51.5 Å². The predicted octanol–water partition coefficient (Wildman–Crippen LogP) is 6.92. The van der Waals surface area contributed by atoms with E-state index in [0.29, 0.717) is 54.2 Å². The number of nitrogens with two attached hydrogens (primary N) is 1. The molecule has 2 aromatic heterocycles. The van der Waals surface area contributed by atoms with Gasteiger partial charge in [-0.15, -0.1) is 11.3 Å². The van der Waals surface area contributed by atoms with E-state index in [1.807, 2.05) is 60.0 Å². The molecule has 11 heteroatoms. The first-order valence-electron chi connectivity index (χ1n) is 16.2. The Morgan fingerprint density at radius 1 is 1.00 bits per heavy atom. The average molecular weight is 685 g/mol. The van der Waals surface area contributed by atoms with Crippen molar-refractivity contribution in [1.82, 2.24) is 14.9 Å². The topological polar surface area (TPSA) is 129 Å². The van der Waals surface area contributed by atoms with Gasteiger partial charge in [0.25, 0.3) is 5.89 Å². The van der Waals surface area contributed by atoms with Crippen molar-refractivity contribution < 1.29 is 23.5 Å². The lowest BCUT2D eigenvalue weighted by molar-refractivity contribution is -0.137. The Hall–Kier alpha value is -4.22. The molecule has 3 atom stereocenters. The maximum Gasteiger partial charge on any atom is 0.264 e. The molecule has 0 spiro atoms. The molecule has 1 aliphatic rings. The second-order valence-corrected chi connectivity index (χ2v) is 13.3. The lowest BCUT2D eigenvalue weighted by Crippen LogP contribution is -2.42. The maximum absolute atomic E-state index is 14.1. The van der Waals surface area contributed by atoms with E-state index in [0.717, 1.165) is 22.6 Å². The van der Waals surface area contributed by atoms with Gasteiger partial charge in [-0.1, -0.05) is 72.6 Å². The van der Waals surface area contributed by atoms with Crippen molar-refractivity contribution in [2.45, 2.75) is 57.3 Å². The molecule has 0 bridgehead atoms. The molecule has 248 valence electrons. The molecule has 1 fully saturated rings. The van der Waals surface area contributed by atoms with Crippen LogP contribution in [0, 0.1) is 5.92 Å². The van der Waals surface area contributed by atoms with Crippen molar-refractivity contribution in [1.29, 1.82) is 0 Å². The van der Waals surface area contributed by atoms with Crippen LogP contribution in [0.25, 0.3) is 21.7 Å². The quantitative estimate of drug-likeness (QED) is 0.0930. The number of likely N-dealkylation sites (tertiary alicyclic amines) is 1. The number of benzene rings is 3. The van der Waals surface area contributed by atoms with Crippen LogP contribution in [0.4, 0.5) is 0 Å². The number of thiazole rings is 1. The summed E-state index contributed by atoms with van der Waals surface area (Å²) in [6, 6.07) is 23.6. The summed E-state index contributed by atoms with van der Waals surface area (Å²) in [5, 5.41) is 3.34. The molecule has 0 saturated carbocycles. The van der Waals surface area contributed by atoms with Crippen molar-refractivity contribution in [3.63, 3.8) is 0 Å². The van der Waals surface area contributed by atoms with Crippen molar-refractivity contribution in [2.24, 2.45) is 11.7 Å². The van der Waals surface area contributed by atoms with Gasteiger partial charge in [0.1, 0.15) is 10.5 Å². The fourth-order valence-electron chi connectivity index (χ4n) is 6.04. The highest BCUT2D eigenvalue weighted by molar-refractivity contribution is 7.13. The Bertz CT molecular complexity index is 1830. The summed E-state index contributed by atoms with van der Waals surface area (Å²) in [6.07, 6.45) is 1.83. The molecule has 0 unspecified atom stereocenters. The number of carbonyl (C=O) groups excluding carboxylic acids is 3. The van der Waals surface area contributed by atoms with Crippen LogP contribution >= 0.6 is 22.9 Å². The number of aromatic nitrogens is 2. The lowest BCUT2D eigenvalue weighted by atomic mass is 9.89. The van der Waals surface area contributed by atoms with Gasteiger partial charge in [-0.05, 0) is 49.2 Å². The molecule has 6 rings (SSSR count). The first-order valence-corrected chi connectivity index (χ1v) is 17.4. The Morgan fingerprint density at radius 2 is 1.77 bits per heavy atom. The minimum Gasteiger partial charge on any atom is -0.434 e. The van der Waals surface area contributed by atoms with Gasteiger partial charge in [0.15, 0.2) is 11.4 Å². The molecular weight excluding hydrogens is 648 g/mol.